The van der Waals surface area contributed by atoms with E-state index in [9.17, 15) is 13.2 Å². The van der Waals surface area contributed by atoms with E-state index in [1.165, 1.54) is 6.07 Å². The number of benzene rings is 1. The van der Waals surface area contributed by atoms with Gasteiger partial charge in [0.15, 0.2) is 11.5 Å². The lowest BCUT2D eigenvalue weighted by molar-refractivity contribution is -0.139. The molecule has 7 heteroatoms. The Labute approximate surface area is 107 Å². The first kappa shape index (κ1) is 14.0. The predicted molar refractivity (Wildman–Crippen MR) is 61.1 cm³/mol. The van der Waals surface area contributed by atoms with E-state index in [0.717, 1.165) is 6.07 Å². The topological polar surface area (TPSA) is 64.7 Å². The smallest absolute Gasteiger partial charge is 0.420 e. The van der Waals surface area contributed by atoms with Crippen molar-refractivity contribution in [1.82, 2.24) is 0 Å². The molecule has 0 radical (unpaired) electrons. The van der Waals surface area contributed by atoms with Crippen molar-refractivity contribution in [2.24, 2.45) is 5.73 Å². The number of fused-ring (bicyclic) bond motifs is 1. The Balaban J connectivity index is 2.57. The van der Waals surface area contributed by atoms with Gasteiger partial charge in [-0.3, -0.25) is 0 Å². The zero-order valence-corrected chi connectivity index (χ0v) is 10.0. The van der Waals surface area contributed by atoms with E-state index in [-0.39, 0.29) is 31.3 Å². The Morgan fingerprint density at radius 3 is 2.42 bits per heavy atom. The van der Waals surface area contributed by atoms with Crippen molar-refractivity contribution in [3.05, 3.63) is 23.3 Å². The molecule has 1 heterocycles. The van der Waals surface area contributed by atoms with Crippen LogP contribution in [0, 0.1) is 0 Å². The van der Waals surface area contributed by atoms with Crippen LogP contribution in [0.2, 0.25) is 0 Å². The zero-order chi connectivity index (χ0) is 14.0. The highest BCUT2D eigenvalue weighted by Crippen LogP contribution is 2.45. The Kier molecular flexibility index (Phi) is 3.86. The molecule has 1 atom stereocenters. The van der Waals surface area contributed by atoms with E-state index in [0.29, 0.717) is 12.0 Å². The Morgan fingerprint density at radius 1 is 1.21 bits per heavy atom. The van der Waals surface area contributed by atoms with Crippen molar-refractivity contribution in [2.75, 3.05) is 19.8 Å². The molecule has 0 bridgehead atoms. The minimum absolute atomic E-state index is 0.0196. The van der Waals surface area contributed by atoms with Gasteiger partial charge in [0.1, 0.15) is 5.56 Å². The lowest BCUT2D eigenvalue weighted by Crippen LogP contribution is -2.17. The molecule has 1 aliphatic rings. The second-order valence-corrected chi connectivity index (χ2v) is 4.20. The summed E-state index contributed by atoms with van der Waals surface area (Å²) in [7, 11) is 0. The molecule has 19 heavy (non-hydrogen) atoms. The van der Waals surface area contributed by atoms with E-state index in [2.05, 4.69) is 0 Å². The second-order valence-electron chi connectivity index (χ2n) is 4.20. The van der Waals surface area contributed by atoms with Crippen LogP contribution in [0.3, 0.4) is 0 Å². The summed E-state index contributed by atoms with van der Waals surface area (Å²) in [5.41, 5.74) is 5.08. The van der Waals surface area contributed by atoms with E-state index in [4.69, 9.17) is 20.3 Å². The summed E-state index contributed by atoms with van der Waals surface area (Å²) in [6.45, 7) is 0.00845. The minimum Gasteiger partial charge on any atom is -0.489 e. The van der Waals surface area contributed by atoms with E-state index in [1.54, 1.807) is 0 Å². The van der Waals surface area contributed by atoms with Gasteiger partial charge in [-0.2, -0.15) is 13.2 Å². The highest BCUT2D eigenvalue weighted by molar-refractivity contribution is 5.54. The lowest BCUT2D eigenvalue weighted by Gasteiger charge is -2.20. The molecule has 0 aliphatic carbocycles. The molecule has 0 spiro atoms. The molecular formula is C12H14F3NO3. The van der Waals surface area contributed by atoms with Gasteiger partial charge in [0.05, 0.1) is 25.9 Å². The summed E-state index contributed by atoms with van der Waals surface area (Å²) in [5, 5.41) is 9.05. The first-order chi connectivity index (χ1) is 8.95. The van der Waals surface area contributed by atoms with Gasteiger partial charge in [-0.15, -0.1) is 0 Å². The molecule has 0 amide bonds. The van der Waals surface area contributed by atoms with Crippen LogP contribution in [-0.2, 0) is 6.18 Å². The number of aliphatic hydroxyl groups excluding tert-OH is 1. The Bertz CT molecular complexity index is 462. The van der Waals surface area contributed by atoms with Gasteiger partial charge in [-0.25, -0.2) is 0 Å². The maximum Gasteiger partial charge on any atom is 0.420 e. The van der Waals surface area contributed by atoms with Crippen LogP contribution in [0.5, 0.6) is 11.5 Å². The van der Waals surface area contributed by atoms with Crippen molar-refractivity contribution in [3.63, 3.8) is 0 Å². The first-order valence-electron chi connectivity index (χ1n) is 5.81. The highest BCUT2D eigenvalue weighted by Gasteiger charge is 2.37. The monoisotopic (exact) mass is 277 g/mol. The summed E-state index contributed by atoms with van der Waals surface area (Å²) in [4.78, 5) is 0. The Morgan fingerprint density at radius 2 is 1.84 bits per heavy atom. The van der Waals surface area contributed by atoms with E-state index in [1.807, 2.05) is 0 Å². The largest absolute Gasteiger partial charge is 0.489 e. The van der Waals surface area contributed by atoms with Crippen LogP contribution in [0.4, 0.5) is 13.2 Å². The summed E-state index contributed by atoms with van der Waals surface area (Å²) < 4.78 is 49.2. The third-order valence-corrected chi connectivity index (χ3v) is 2.83. The molecule has 1 aromatic carbocycles. The molecule has 0 aromatic heterocycles. The summed E-state index contributed by atoms with van der Waals surface area (Å²) in [6.07, 6.45) is -4.04. The number of alkyl halides is 3. The predicted octanol–water partition coefficient (Wildman–Crippen LogP) is 1.86. The van der Waals surface area contributed by atoms with Gasteiger partial charge in [-0.1, -0.05) is 6.07 Å². The molecule has 0 fully saturated rings. The number of ether oxygens (including phenoxy) is 2. The number of halogens is 3. The molecule has 1 aromatic rings. The van der Waals surface area contributed by atoms with Crippen LogP contribution in [0.1, 0.15) is 23.6 Å². The van der Waals surface area contributed by atoms with Crippen molar-refractivity contribution in [2.45, 2.75) is 18.6 Å². The van der Waals surface area contributed by atoms with Crippen LogP contribution < -0.4 is 15.2 Å². The summed E-state index contributed by atoms with van der Waals surface area (Å²) in [6, 6.07) is 1.31. The molecule has 0 saturated carbocycles. The quantitative estimate of drug-likeness (QED) is 0.866. The van der Waals surface area contributed by atoms with Crippen LogP contribution in [-0.4, -0.2) is 24.9 Å². The van der Waals surface area contributed by atoms with Crippen LogP contribution in [0.25, 0.3) is 0 Å². The molecule has 2 rings (SSSR count). The van der Waals surface area contributed by atoms with Crippen molar-refractivity contribution in [1.29, 1.82) is 0 Å². The fourth-order valence-corrected chi connectivity index (χ4v) is 1.89. The highest BCUT2D eigenvalue weighted by atomic mass is 19.4. The van der Waals surface area contributed by atoms with Crippen LogP contribution in [0.15, 0.2) is 12.1 Å². The summed E-state index contributed by atoms with van der Waals surface area (Å²) >= 11 is 0. The number of hydrogen-bond acceptors (Lipinski definition) is 4. The van der Waals surface area contributed by atoms with E-state index < -0.39 is 17.8 Å². The SMILES string of the molecule is NC(CO)c1ccc(C(F)(F)F)c2c1OCCCO2. The molecule has 3 N–H and O–H groups in total. The minimum atomic E-state index is -4.53. The van der Waals surface area contributed by atoms with Crippen molar-refractivity contribution < 1.29 is 27.8 Å². The standard InChI is InChI=1S/C12H14F3NO3/c13-12(14,15)8-3-2-7(9(16)6-17)10-11(8)19-5-1-4-18-10/h2-3,9,17H,1,4-6,16H2. The summed E-state index contributed by atoms with van der Waals surface area (Å²) in [5.74, 6) is -0.361. The average molecular weight is 277 g/mol. The zero-order valence-electron chi connectivity index (χ0n) is 10.0. The third kappa shape index (κ3) is 2.76. The molecule has 4 nitrogen and oxygen atoms in total. The number of nitrogens with two attached hydrogens (primary N) is 1. The normalized spacial score (nSPS) is 16.9. The first-order valence-corrected chi connectivity index (χ1v) is 5.81. The van der Waals surface area contributed by atoms with Gasteiger partial charge in [0, 0.05) is 12.0 Å². The lowest BCUT2D eigenvalue weighted by atomic mass is 10.0. The van der Waals surface area contributed by atoms with Gasteiger partial charge in [0.2, 0.25) is 0 Å². The van der Waals surface area contributed by atoms with E-state index >= 15 is 0 Å². The fourth-order valence-electron chi connectivity index (χ4n) is 1.89. The maximum atomic E-state index is 12.9. The van der Waals surface area contributed by atoms with Crippen molar-refractivity contribution in [3.8, 4) is 11.5 Å². The maximum absolute atomic E-state index is 12.9. The van der Waals surface area contributed by atoms with Crippen molar-refractivity contribution >= 4 is 0 Å². The molecule has 0 saturated heterocycles. The molecule has 1 unspecified atom stereocenters. The molecule has 1 aliphatic heterocycles. The Hall–Kier alpha value is -1.47. The third-order valence-electron chi connectivity index (χ3n) is 2.83. The molecular weight excluding hydrogens is 263 g/mol. The van der Waals surface area contributed by atoms with Gasteiger partial charge in [-0.05, 0) is 6.07 Å². The second kappa shape index (κ2) is 5.26. The number of rotatable bonds is 2. The number of hydrogen-bond donors (Lipinski definition) is 2. The fraction of sp³-hybridized carbons (Fsp3) is 0.500. The average Bonchev–Trinajstić information content (AvgIpc) is 2.60. The van der Waals surface area contributed by atoms with Gasteiger partial charge in [0.25, 0.3) is 0 Å². The molecule has 106 valence electrons. The van der Waals surface area contributed by atoms with Crippen LogP contribution >= 0.6 is 0 Å². The van der Waals surface area contributed by atoms with Gasteiger partial charge >= 0.3 is 6.18 Å². The van der Waals surface area contributed by atoms with Gasteiger partial charge < -0.3 is 20.3 Å². The number of aliphatic hydroxyl groups is 1.